The Morgan fingerprint density at radius 2 is 1.39 bits per heavy atom. The van der Waals surface area contributed by atoms with Gasteiger partial charge in [-0.1, -0.05) is 0 Å². The zero-order valence-electron chi connectivity index (χ0n) is 20.9. The first-order chi connectivity index (χ1) is 16.7. The molecule has 0 aliphatic heterocycles. The number of carboxylic acid groups (broad SMARTS) is 3. The first kappa shape index (κ1) is 32.9. The molecular formula is C23H37NO12. The number of nitrogens with one attached hydrogen (secondary N) is 1. The summed E-state index contributed by atoms with van der Waals surface area (Å²) in [4.78, 5) is 69.2. The number of esters is 1. The molecule has 0 spiro atoms. The molecule has 4 N–H and O–H groups in total. The summed E-state index contributed by atoms with van der Waals surface area (Å²) in [6.07, 6.45) is -1.33. The van der Waals surface area contributed by atoms with E-state index in [4.69, 9.17) is 24.4 Å². The summed E-state index contributed by atoms with van der Waals surface area (Å²) in [7, 11) is 0. The van der Waals surface area contributed by atoms with Gasteiger partial charge in [0.1, 0.15) is 12.2 Å². The van der Waals surface area contributed by atoms with Crippen molar-refractivity contribution >= 4 is 35.6 Å². The number of amides is 1. The Kier molecular flexibility index (Phi) is 15.9. The minimum Gasteiger partial charge on any atom is -0.481 e. The van der Waals surface area contributed by atoms with Crippen LogP contribution in [0.4, 0.5) is 0 Å². The van der Waals surface area contributed by atoms with Gasteiger partial charge in [0.15, 0.2) is 5.78 Å². The van der Waals surface area contributed by atoms with Crippen LogP contribution in [0.3, 0.4) is 0 Å². The van der Waals surface area contributed by atoms with Gasteiger partial charge < -0.3 is 34.8 Å². The lowest BCUT2D eigenvalue weighted by atomic mass is 9.92. The van der Waals surface area contributed by atoms with E-state index in [1.54, 1.807) is 20.8 Å². The van der Waals surface area contributed by atoms with Crippen molar-refractivity contribution in [2.75, 3.05) is 26.4 Å². The maximum absolute atomic E-state index is 12.5. The molecule has 13 nitrogen and oxygen atoms in total. The number of aliphatic carboxylic acids is 3. The minimum atomic E-state index is -1.36. The van der Waals surface area contributed by atoms with Gasteiger partial charge in [0.2, 0.25) is 5.91 Å². The highest BCUT2D eigenvalue weighted by Gasteiger charge is 2.28. The van der Waals surface area contributed by atoms with Gasteiger partial charge >= 0.3 is 23.9 Å². The SMILES string of the molecule is CC(C)(C)OC(=O)CCCOCCOCC(=O)NC(CCC(=O)O)C(=O)CC(CCC(=O)O)C(=O)O. The maximum atomic E-state index is 12.5. The number of hydrogen-bond acceptors (Lipinski definition) is 9. The molecule has 0 aliphatic carbocycles. The second-order valence-corrected chi connectivity index (χ2v) is 9.05. The van der Waals surface area contributed by atoms with Crippen LogP contribution in [-0.4, -0.2) is 89.0 Å². The third-order valence-corrected chi connectivity index (χ3v) is 4.57. The van der Waals surface area contributed by atoms with Crippen molar-refractivity contribution in [2.45, 2.75) is 77.4 Å². The van der Waals surface area contributed by atoms with E-state index in [2.05, 4.69) is 5.32 Å². The molecule has 36 heavy (non-hydrogen) atoms. The Balaban J connectivity index is 4.45. The Morgan fingerprint density at radius 3 is 1.94 bits per heavy atom. The maximum Gasteiger partial charge on any atom is 0.306 e. The molecule has 0 saturated heterocycles. The number of carbonyl (C=O) groups is 6. The Bertz CT molecular complexity index is 759. The molecule has 206 valence electrons. The Labute approximate surface area is 209 Å². The van der Waals surface area contributed by atoms with Gasteiger partial charge in [-0.2, -0.15) is 0 Å². The number of Topliss-reactive ketones (excluding diaryl/α,β-unsaturated/α-hetero) is 1. The van der Waals surface area contributed by atoms with Crippen molar-refractivity contribution in [3.63, 3.8) is 0 Å². The van der Waals surface area contributed by atoms with E-state index in [1.165, 1.54) is 0 Å². The summed E-state index contributed by atoms with van der Waals surface area (Å²) < 4.78 is 15.6. The lowest BCUT2D eigenvalue weighted by Gasteiger charge is -2.19. The monoisotopic (exact) mass is 519 g/mol. The van der Waals surface area contributed by atoms with Crippen LogP contribution in [0.15, 0.2) is 0 Å². The molecule has 2 atom stereocenters. The van der Waals surface area contributed by atoms with Crippen LogP contribution < -0.4 is 5.32 Å². The average molecular weight is 520 g/mol. The van der Waals surface area contributed by atoms with Gasteiger partial charge in [-0.15, -0.1) is 0 Å². The first-order valence-electron chi connectivity index (χ1n) is 11.6. The van der Waals surface area contributed by atoms with Gasteiger partial charge in [-0.05, 0) is 40.0 Å². The van der Waals surface area contributed by atoms with Crippen molar-refractivity contribution in [3.05, 3.63) is 0 Å². The van der Waals surface area contributed by atoms with Crippen molar-refractivity contribution < 1.29 is 58.3 Å². The van der Waals surface area contributed by atoms with Crippen LogP contribution in [-0.2, 0) is 43.0 Å². The van der Waals surface area contributed by atoms with E-state index in [-0.39, 0.29) is 45.1 Å². The fourth-order valence-corrected chi connectivity index (χ4v) is 2.91. The molecule has 13 heteroatoms. The average Bonchev–Trinajstić information content (AvgIpc) is 2.73. The fraction of sp³-hybridized carbons (Fsp3) is 0.739. The number of hydrogen-bond donors (Lipinski definition) is 4. The van der Waals surface area contributed by atoms with E-state index in [0.717, 1.165) is 0 Å². The summed E-state index contributed by atoms with van der Waals surface area (Å²) in [5.41, 5.74) is -0.554. The molecule has 0 bridgehead atoms. The van der Waals surface area contributed by atoms with Gasteiger partial charge in [-0.25, -0.2) is 0 Å². The van der Waals surface area contributed by atoms with E-state index in [0.29, 0.717) is 6.42 Å². The predicted octanol–water partition coefficient (Wildman–Crippen LogP) is 1.02. The lowest BCUT2D eigenvalue weighted by molar-refractivity contribution is -0.155. The van der Waals surface area contributed by atoms with Crippen LogP contribution in [0.2, 0.25) is 0 Å². The molecule has 0 saturated carbocycles. The smallest absolute Gasteiger partial charge is 0.306 e. The number of rotatable bonds is 20. The molecule has 2 unspecified atom stereocenters. The van der Waals surface area contributed by atoms with E-state index in [1.807, 2.05) is 0 Å². The topological polar surface area (TPSA) is 203 Å². The second kappa shape index (κ2) is 17.4. The predicted molar refractivity (Wildman–Crippen MR) is 123 cm³/mol. The Hall–Kier alpha value is -3.06. The number of ketones is 1. The molecule has 0 aromatic rings. The van der Waals surface area contributed by atoms with Crippen LogP contribution in [0.1, 0.15) is 65.7 Å². The molecule has 0 heterocycles. The highest BCUT2D eigenvalue weighted by atomic mass is 16.6. The highest BCUT2D eigenvalue weighted by Crippen LogP contribution is 2.15. The summed E-state index contributed by atoms with van der Waals surface area (Å²) in [5, 5.41) is 29.2. The molecule has 0 aromatic heterocycles. The third-order valence-electron chi connectivity index (χ3n) is 4.57. The van der Waals surface area contributed by atoms with E-state index < -0.39 is 73.0 Å². The van der Waals surface area contributed by atoms with Crippen molar-refractivity contribution in [2.24, 2.45) is 5.92 Å². The number of carboxylic acids is 3. The van der Waals surface area contributed by atoms with Crippen molar-refractivity contribution in [3.8, 4) is 0 Å². The highest BCUT2D eigenvalue weighted by molar-refractivity contribution is 5.92. The third kappa shape index (κ3) is 18.3. The number of carbonyl (C=O) groups excluding carboxylic acids is 3. The molecule has 1 amide bonds. The first-order valence-corrected chi connectivity index (χ1v) is 11.6. The Morgan fingerprint density at radius 1 is 0.806 bits per heavy atom. The van der Waals surface area contributed by atoms with E-state index in [9.17, 15) is 33.9 Å². The standard InChI is InChI=1S/C23H37NO12/c1-23(2,3)36-21(31)5-4-10-34-11-12-35-14-18(26)24-16(7-9-20(29)30)17(25)13-15(22(32)33)6-8-19(27)28/h15-16H,4-14H2,1-3H3,(H,24,26)(H,27,28)(H,29,30)(H,32,33). The summed E-state index contributed by atoms with van der Waals surface area (Å²) >= 11 is 0. The normalized spacial score (nSPS) is 12.9. The summed E-state index contributed by atoms with van der Waals surface area (Å²) in [6, 6.07) is -1.26. The zero-order valence-corrected chi connectivity index (χ0v) is 20.9. The van der Waals surface area contributed by atoms with Crippen LogP contribution >= 0.6 is 0 Å². The molecule has 0 aliphatic rings. The molecule has 0 fully saturated rings. The van der Waals surface area contributed by atoms with Crippen LogP contribution in [0, 0.1) is 5.92 Å². The van der Waals surface area contributed by atoms with Crippen molar-refractivity contribution in [1.29, 1.82) is 0 Å². The summed E-state index contributed by atoms with van der Waals surface area (Å²) in [5.74, 6) is -6.81. The molecule has 0 rings (SSSR count). The minimum absolute atomic E-state index is 0.0455. The quantitative estimate of drug-likeness (QED) is 0.131. The molecular weight excluding hydrogens is 482 g/mol. The second-order valence-electron chi connectivity index (χ2n) is 9.05. The molecule has 0 aromatic carbocycles. The van der Waals surface area contributed by atoms with E-state index >= 15 is 0 Å². The van der Waals surface area contributed by atoms with Gasteiger partial charge in [0.25, 0.3) is 0 Å². The van der Waals surface area contributed by atoms with Crippen LogP contribution in [0.25, 0.3) is 0 Å². The van der Waals surface area contributed by atoms with Crippen LogP contribution in [0.5, 0.6) is 0 Å². The van der Waals surface area contributed by atoms with Gasteiger partial charge in [0, 0.05) is 32.3 Å². The molecule has 0 radical (unpaired) electrons. The zero-order chi connectivity index (χ0) is 27.7. The van der Waals surface area contributed by atoms with Gasteiger partial charge in [0.05, 0.1) is 25.2 Å². The fourth-order valence-electron chi connectivity index (χ4n) is 2.91. The largest absolute Gasteiger partial charge is 0.481 e. The lowest BCUT2D eigenvalue weighted by Crippen LogP contribution is -2.44. The number of ether oxygens (including phenoxy) is 3. The van der Waals surface area contributed by atoms with Crippen molar-refractivity contribution in [1.82, 2.24) is 5.32 Å². The summed E-state index contributed by atoms with van der Waals surface area (Å²) in [6.45, 7) is 5.35. The van der Waals surface area contributed by atoms with Gasteiger partial charge in [-0.3, -0.25) is 28.8 Å².